The molecule has 3 nitrogen and oxygen atoms in total. The molecule has 0 aliphatic rings. The lowest BCUT2D eigenvalue weighted by Gasteiger charge is -2.28. The van der Waals surface area contributed by atoms with Gasteiger partial charge < -0.3 is 10.6 Å². The third-order valence-electron chi connectivity index (χ3n) is 3.73. The quantitative estimate of drug-likeness (QED) is 0.667. The Bertz CT molecular complexity index is 252. The number of rotatable bonds is 10. The topological polar surface area (TPSA) is 46.3 Å². The molecular formula is C17H36N2O. The van der Waals surface area contributed by atoms with Gasteiger partial charge in [0, 0.05) is 19.5 Å². The molecule has 0 aromatic carbocycles. The van der Waals surface area contributed by atoms with Gasteiger partial charge in [-0.1, -0.05) is 41.5 Å². The maximum Gasteiger partial charge on any atom is 0.222 e. The molecule has 3 heteroatoms. The summed E-state index contributed by atoms with van der Waals surface area (Å²) in [5.41, 5.74) is 5.67. The summed E-state index contributed by atoms with van der Waals surface area (Å²) in [7, 11) is 0. The molecule has 1 amide bonds. The average Bonchev–Trinajstić information content (AvgIpc) is 2.31. The zero-order valence-electron chi connectivity index (χ0n) is 14.5. The summed E-state index contributed by atoms with van der Waals surface area (Å²) in [6.45, 7) is 15.6. The molecule has 120 valence electrons. The van der Waals surface area contributed by atoms with Crippen LogP contribution in [0.15, 0.2) is 0 Å². The summed E-state index contributed by atoms with van der Waals surface area (Å²) in [6.07, 6.45) is 2.67. The fourth-order valence-corrected chi connectivity index (χ4v) is 2.65. The Kier molecular flexibility index (Phi) is 9.91. The Labute approximate surface area is 126 Å². The van der Waals surface area contributed by atoms with Crippen molar-refractivity contribution in [3.63, 3.8) is 0 Å². The summed E-state index contributed by atoms with van der Waals surface area (Å²) in [6, 6.07) is 0. The van der Waals surface area contributed by atoms with Gasteiger partial charge in [0.1, 0.15) is 0 Å². The van der Waals surface area contributed by atoms with Crippen LogP contribution in [0, 0.1) is 23.7 Å². The molecule has 1 atom stereocenters. The van der Waals surface area contributed by atoms with Crippen molar-refractivity contribution in [2.24, 2.45) is 29.4 Å². The Morgan fingerprint density at radius 1 is 0.950 bits per heavy atom. The van der Waals surface area contributed by atoms with E-state index in [-0.39, 0.29) is 0 Å². The van der Waals surface area contributed by atoms with Crippen LogP contribution in [-0.4, -0.2) is 30.4 Å². The van der Waals surface area contributed by atoms with Crippen LogP contribution in [0.5, 0.6) is 0 Å². The van der Waals surface area contributed by atoms with Crippen LogP contribution in [0.2, 0.25) is 0 Å². The van der Waals surface area contributed by atoms with E-state index in [4.69, 9.17) is 5.73 Å². The van der Waals surface area contributed by atoms with E-state index >= 15 is 0 Å². The highest BCUT2D eigenvalue weighted by molar-refractivity contribution is 5.76. The highest BCUT2D eigenvalue weighted by Crippen LogP contribution is 2.21. The van der Waals surface area contributed by atoms with E-state index in [9.17, 15) is 4.79 Å². The van der Waals surface area contributed by atoms with Crippen molar-refractivity contribution in [2.75, 3.05) is 19.6 Å². The van der Waals surface area contributed by atoms with Crippen molar-refractivity contribution in [2.45, 2.75) is 60.8 Å². The zero-order chi connectivity index (χ0) is 15.7. The lowest BCUT2D eigenvalue weighted by Crippen LogP contribution is -2.37. The van der Waals surface area contributed by atoms with E-state index in [1.54, 1.807) is 0 Å². The molecule has 0 aromatic heterocycles. The van der Waals surface area contributed by atoms with Crippen LogP contribution in [0.3, 0.4) is 0 Å². The van der Waals surface area contributed by atoms with Crippen molar-refractivity contribution in [1.82, 2.24) is 4.90 Å². The van der Waals surface area contributed by atoms with Gasteiger partial charge >= 0.3 is 0 Å². The first kappa shape index (κ1) is 19.4. The second kappa shape index (κ2) is 10.2. The number of hydrogen-bond acceptors (Lipinski definition) is 2. The predicted molar refractivity (Wildman–Crippen MR) is 87.5 cm³/mol. The molecule has 20 heavy (non-hydrogen) atoms. The molecule has 0 saturated heterocycles. The van der Waals surface area contributed by atoms with E-state index in [1.807, 2.05) is 0 Å². The third-order valence-corrected chi connectivity index (χ3v) is 3.73. The van der Waals surface area contributed by atoms with Gasteiger partial charge in [-0.25, -0.2) is 0 Å². The Morgan fingerprint density at radius 3 is 1.80 bits per heavy atom. The molecule has 0 fully saturated rings. The van der Waals surface area contributed by atoms with Crippen molar-refractivity contribution >= 4 is 5.91 Å². The van der Waals surface area contributed by atoms with Gasteiger partial charge in [0.25, 0.3) is 0 Å². The number of carbonyl (C=O) groups excluding carboxylic acids is 1. The van der Waals surface area contributed by atoms with Gasteiger partial charge in [0.2, 0.25) is 5.91 Å². The molecular weight excluding hydrogens is 248 g/mol. The first-order valence-corrected chi connectivity index (χ1v) is 8.25. The Morgan fingerprint density at radius 2 is 1.45 bits per heavy atom. The maximum atomic E-state index is 12.4. The standard InChI is InChI=1S/C17H36N2O/c1-13(2)11-19(12-14(3)4)17(20)8-7-16(9-10-18)15(5)6/h13-16H,7-12,18H2,1-6H3. The number of nitrogens with two attached hydrogens (primary N) is 1. The van der Waals surface area contributed by atoms with Crippen molar-refractivity contribution in [3.05, 3.63) is 0 Å². The van der Waals surface area contributed by atoms with E-state index < -0.39 is 0 Å². The third kappa shape index (κ3) is 8.57. The summed E-state index contributed by atoms with van der Waals surface area (Å²) in [5, 5.41) is 0. The van der Waals surface area contributed by atoms with Gasteiger partial charge in [-0.3, -0.25) is 4.79 Å². The number of hydrogen-bond donors (Lipinski definition) is 1. The maximum absolute atomic E-state index is 12.4. The van der Waals surface area contributed by atoms with Gasteiger partial charge in [-0.15, -0.1) is 0 Å². The molecule has 0 bridgehead atoms. The summed E-state index contributed by atoms with van der Waals surface area (Å²) < 4.78 is 0. The van der Waals surface area contributed by atoms with Crippen LogP contribution in [0.1, 0.15) is 60.8 Å². The normalized spacial score (nSPS) is 13.3. The smallest absolute Gasteiger partial charge is 0.222 e. The average molecular weight is 284 g/mol. The van der Waals surface area contributed by atoms with Crippen molar-refractivity contribution < 1.29 is 4.79 Å². The number of amides is 1. The summed E-state index contributed by atoms with van der Waals surface area (Å²) in [4.78, 5) is 14.5. The molecule has 1 unspecified atom stereocenters. The SMILES string of the molecule is CC(C)CN(CC(C)C)C(=O)CCC(CCN)C(C)C. The largest absolute Gasteiger partial charge is 0.342 e. The minimum atomic E-state index is 0.315. The fourth-order valence-electron chi connectivity index (χ4n) is 2.65. The molecule has 0 radical (unpaired) electrons. The minimum Gasteiger partial charge on any atom is -0.342 e. The monoisotopic (exact) mass is 284 g/mol. The molecule has 0 rings (SSSR count). The molecule has 0 saturated carbocycles. The highest BCUT2D eigenvalue weighted by atomic mass is 16.2. The molecule has 0 aliphatic heterocycles. The van der Waals surface area contributed by atoms with Gasteiger partial charge in [0.15, 0.2) is 0 Å². The minimum absolute atomic E-state index is 0.315. The van der Waals surface area contributed by atoms with Gasteiger partial charge in [-0.05, 0) is 43.1 Å². The van der Waals surface area contributed by atoms with E-state index in [0.29, 0.717) is 36.0 Å². The first-order chi connectivity index (χ1) is 9.27. The van der Waals surface area contributed by atoms with Crippen LogP contribution >= 0.6 is 0 Å². The van der Waals surface area contributed by atoms with Crippen LogP contribution in [0.4, 0.5) is 0 Å². The van der Waals surface area contributed by atoms with Gasteiger partial charge in [0.05, 0.1) is 0 Å². The summed E-state index contributed by atoms with van der Waals surface area (Å²) in [5.74, 6) is 2.55. The Hall–Kier alpha value is -0.570. The second-order valence-corrected chi connectivity index (χ2v) is 7.21. The molecule has 0 aliphatic carbocycles. The molecule has 2 N–H and O–H groups in total. The number of carbonyl (C=O) groups is 1. The summed E-state index contributed by atoms with van der Waals surface area (Å²) >= 11 is 0. The van der Waals surface area contributed by atoms with Crippen molar-refractivity contribution in [3.8, 4) is 0 Å². The van der Waals surface area contributed by atoms with E-state index in [0.717, 1.165) is 32.5 Å². The second-order valence-electron chi connectivity index (χ2n) is 7.21. The van der Waals surface area contributed by atoms with E-state index in [1.165, 1.54) is 0 Å². The van der Waals surface area contributed by atoms with Crippen molar-refractivity contribution in [1.29, 1.82) is 0 Å². The molecule has 0 aromatic rings. The highest BCUT2D eigenvalue weighted by Gasteiger charge is 2.19. The predicted octanol–water partition coefficient (Wildman–Crippen LogP) is 3.53. The molecule has 0 heterocycles. The van der Waals surface area contributed by atoms with Crippen LogP contribution < -0.4 is 5.73 Å². The van der Waals surface area contributed by atoms with Gasteiger partial charge in [-0.2, -0.15) is 0 Å². The first-order valence-electron chi connectivity index (χ1n) is 8.25. The number of nitrogens with zero attached hydrogens (tertiary/aromatic N) is 1. The Balaban J connectivity index is 4.42. The molecule has 0 spiro atoms. The zero-order valence-corrected chi connectivity index (χ0v) is 14.5. The fraction of sp³-hybridized carbons (Fsp3) is 0.941. The lowest BCUT2D eigenvalue weighted by molar-refractivity contribution is -0.132. The van der Waals surface area contributed by atoms with E-state index in [2.05, 4.69) is 46.4 Å². The van der Waals surface area contributed by atoms with Crippen LogP contribution in [0.25, 0.3) is 0 Å². The van der Waals surface area contributed by atoms with Crippen LogP contribution in [-0.2, 0) is 4.79 Å². The lowest BCUT2D eigenvalue weighted by atomic mass is 9.88.